The minimum atomic E-state index is -1.17. The molecule has 0 radical (unpaired) electrons. The van der Waals surface area contributed by atoms with Gasteiger partial charge in [0, 0.05) is 13.2 Å². The van der Waals surface area contributed by atoms with Gasteiger partial charge in [0.15, 0.2) is 0 Å². The number of β-amino-alcohol motifs (C(OH)–C–C–N with tert-alkyl or cyclic N) is 1. The van der Waals surface area contributed by atoms with Crippen LogP contribution < -0.4 is 0 Å². The van der Waals surface area contributed by atoms with E-state index in [2.05, 4.69) is 0 Å². The third kappa shape index (κ3) is 5.66. The predicted octanol–water partition coefficient (Wildman–Crippen LogP) is 0.265. The molecule has 6 heteroatoms. The molecule has 2 rings (SSSR count). The Morgan fingerprint density at radius 2 is 1.61 bits per heavy atom. The first-order valence-corrected chi connectivity index (χ1v) is 9.14. The lowest BCUT2D eigenvalue weighted by molar-refractivity contribution is -0.145. The van der Waals surface area contributed by atoms with E-state index in [9.17, 15) is 20.4 Å². The number of aliphatic hydroxyl groups excluding tert-OH is 4. The third-order valence-electron chi connectivity index (χ3n) is 5.21. The van der Waals surface area contributed by atoms with Crippen LogP contribution in [0.15, 0.2) is 0 Å². The van der Waals surface area contributed by atoms with E-state index in [0.29, 0.717) is 12.6 Å². The van der Waals surface area contributed by atoms with E-state index in [1.54, 1.807) is 0 Å². The summed E-state index contributed by atoms with van der Waals surface area (Å²) in [4.78, 5) is 1.89. The highest BCUT2D eigenvalue weighted by molar-refractivity contribution is 4.93. The Bertz CT molecular complexity index is 324. The van der Waals surface area contributed by atoms with Gasteiger partial charge in [-0.1, -0.05) is 25.7 Å². The average Bonchev–Trinajstić information content (AvgIpc) is 3.05. The normalized spacial score (nSPS) is 33.4. The molecule has 6 nitrogen and oxygen atoms in total. The van der Waals surface area contributed by atoms with Gasteiger partial charge in [-0.3, -0.25) is 4.90 Å². The van der Waals surface area contributed by atoms with Crippen LogP contribution in [0.4, 0.5) is 0 Å². The molecule has 2 fully saturated rings. The maximum atomic E-state index is 9.93. The molecule has 1 saturated carbocycles. The van der Waals surface area contributed by atoms with Gasteiger partial charge in [-0.2, -0.15) is 0 Å². The summed E-state index contributed by atoms with van der Waals surface area (Å²) < 4.78 is 5.84. The highest BCUT2D eigenvalue weighted by atomic mass is 16.5. The smallest absolute Gasteiger partial charge is 0.109 e. The van der Waals surface area contributed by atoms with E-state index in [0.717, 1.165) is 38.8 Å². The maximum absolute atomic E-state index is 9.93. The van der Waals surface area contributed by atoms with E-state index in [-0.39, 0.29) is 6.61 Å². The number of hydrogen-bond acceptors (Lipinski definition) is 6. The van der Waals surface area contributed by atoms with E-state index in [4.69, 9.17) is 4.74 Å². The molecular formula is C17H33NO5. The lowest BCUT2D eigenvalue weighted by Crippen LogP contribution is -2.62. The Kier molecular flexibility index (Phi) is 8.23. The van der Waals surface area contributed by atoms with Gasteiger partial charge in [-0.25, -0.2) is 0 Å². The molecule has 0 aromatic rings. The molecule has 1 saturated heterocycles. The molecular weight excluding hydrogens is 298 g/mol. The van der Waals surface area contributed by atoms with Crippen LogP contribution in [0.5, 0.6) is 0 Å². The third-order valence-corrected chi connectivity index (χ3v) is 5.21. The van der Waals surface area contributed by atoms with Crippen LogP contribution in [0.3, 0.4) is 0 Å². The number of piperidine rings is 1. The molecule has 0 aromatic carbocycles. The first-order chi connectivity index (χ1) is 11.1. The van der Waals surface area contributed by atoms with Crippen LogP contribution >= 0.6 is 0 Å². The van der Waals surface area contributed by atoms with Gasteiger partial charge in [-0.05, 0) is 32.2 Å². The van der Waals surface area contributed by atoms with E-state index < -0.39 is 24.4 Å². The summed E-state index contributed by atoms with van der Waals surface area (Å²) in [5.74, 6) is 0. The topological polar surface area (TPSA) is 93.4 Å². The number of aliphatic hydroxyl groups is 4. The van der Waals surface area contributed by atoms with Crippen molar-refractivity contribution in [1.82, 2.24) is 4.90 Å². The standard InChI is InChI=1S/C17H33NO5/c19-12-14-16(21)17(22)15(20)11-18(14)9-5-1-2-6-10-23-13-7-3-4-8-13/h13-17,19-22H,1-12H2/t14-,15+,16-,17-/m1/s1. The van der Waals surface area contributed by atoms with Crippen LogP contribution in [-0.2, 0) is 4.74 Å². The van der Waals surface area contributed by atoms with Crippen molar-refractivity contribution in [2.45, 2.75) is 81.8 Å². The first-order valence-electron chi connectivity index (χ1n) is 9.14. The molecule has 4 atom stereocenters. The monoisotopic (exact) mass is 331 g/mol. The van der Waals surface area contributed by atoms with Gasteiger partial charge < -0.3 is 25.2 Å². The van der Waals surface area contributed by atoms with E-state index in [1.165, 1.54) is 25.7 Å². The lowest BCUT2D eigenvalue weighted by Gasteiger charge is -2.43. The minimum Gasteiger partial charge on any atom is -0.395 e. The number of likely N-dealkylation sites (tertiary alicyclic amines) is 1. The van der Waals surface area contributed by atoms with Crippen molar-refractivity contribution in [3.8, 4) is 0 Å². The first kappa shape index (κ1) is 19.1. The molecule has 0 unspecified atom stereocenters. The van der Waals surface area contributed by atoms with Crippen molar-refractivity contribution in [1.29, 1.82) is 0 Å². The van der Waals surface area contributed by atoms with Crippen molar-refractivity contribution in [3.63, 3.8) is 0 Å². The highest BCUT2D eigenvalue weighted by Crippen LogP contribution is 2.22. The van der Waals surface area contributed by atoms with Crippen LogP contribution in [0.25, 0.3) is 0 Å². The summed E-state index contributed by atoms with van der Waals surface area (Å²) in [5.41, 5.74) is 0. The molecule has 1 aliphatic carbocycles. The van der Waals surface area contributed by atoms with Gasteiger partial charge >= 0.3 is 0 Å². The van der Waals surface area contributed by atoms with Crippen molar-refractivity contribution < 1.29 is 25.2 Å². The zero-order valence-corrected chi connectivity index (χ0v) is 14.0. The lowest BCUT2D eigenvalue weighted by atomic mass is 9.94. The second kappa shape index (κ2) is 9.91. The van der Waals surface area contributed by atoms with Crippen LogP contribution in [0.1, 0.15) is 51.4 Å². The van der Waals surface area contributed by atoms with Crippen LogP contribution in [0, 0.1) is 0 Å². The zero-order valence-electron chi connectivity index (χ0n) is 14.0. The van der Waals surface area contributed by atoms with E-state index in [1.807, 2.05) is 4.90 Å². The predicted molar refractivity (Wildman–Crippen MR) is 87.1 cm³/mol. The number of rotatable bonds is 9. The fourth-order valence-electron chi connectivity index (χ4n) is 3.71. The summed E-state index contributed by atoms with van der Waals surface area (Å²) in [5, 5.41) is 38.8. The summed E-state index contributed by atoms with van der Waals surface area (Å²) in [6, 6.07) is -0.487. The molecule has 1 heterocycles. The SMILES string of the molecule is OC[C@@H]1[C@@H](O)[C@H](O)[C@@H](O)CN1CCCCCCOC1CCCC1. The summed E-state index contributed by atoms with van der Waals surface area (Å²) in [7, 11) is 0. The Hall–Kier alpha value is -0.240. The average molecular weight is 331 g/mol. The molecule has 0 spiro atoms. The van der Waals surface area contributed by atoms with E-state index >= 15 is 0 Å². The second-order valence-corrected chi connectivity index (χ2v) is 6.98. The second-order valence-electron chi connectivity index (χ2n) is 6.98. The minimum absolute atomic E-state index is 0.208. The highest BCUT2D eigenvalue weighted by Gasteiger charge is 2.40. The molecule has 0 bridgehead atoms. The van der Waals surface area contributed by atoms with Crippen LogP contribution in [-0.4, -0.2) is 82.1 Å². The Morgan fingerprint density at radius 1 is 0.913 bits per heavy atom. The molecule has 136 valence electrons. The molecule has 2 aliphatic rings. The Labute approximate surface area is 139 Å². The summed E-state index contributed by atoms with van der Waals surface area (Å²) >= 11 is 0. The van der Waals surface area contributed by atoms with Gasteiger partial charge in [0.2, 0.25) is 0 Å². The summed E-state index contributed by atoms with van der Waals surface area (Å²) in [6.07, 6.45) is 6.52. The van der Waals surface area contributed by atoms with Crippen molar-refractivity contribution >= 4 is 0 Å². The number of ether oxygens (including phenoxy) is 1. The summed E-state index contributed by atoms with van der Waals surface area (Å²) in [6.45, 7) is 1.65. The largest absolute Gasteiger partial charge is 0.395 e. The zero-order chi connectivity index (χ0) is 16.7. The van der Waals surface area contributed by atoms with Crippen molar-refractivity contribution in [3.05, 3.63) is 0 Å². The molecule has 23 heavy (non-hydrogen) atoms. The number of nitrogens with zero attached hydrogens (tertiary/aromatic N) is 1. The molecule has 1 aliphatic heterocycles. The van der Waals surface area contributed by atoms with Crippen LogP contribution in [0.2, 0.25) is 0 Å². The Morgan fingerprint density at radius 3 is 2.30 bits per heavy atom. The van der Waals surface area contributed by atoms with Gasteiger partial charge in [-0.15, -0.1) is 0 Å². The number of hydrogen-bond donors (Lipinski definition) is 4. The number of unbranched alkanes of at least 4 members (excludes halogenated alkanes) is 3. The van der Waals surface area contributed by atoms with Gasteiger partial charge in [0.25, 0.3) is 0 Å². The quantitative estimate of drug-likeness (QED) is 0.453. The van der Waals surface area contributed by atoms with Gasteiger partial charge in [0.05, 0.1) is 24.9 Å². The molecule has 4 N–H and O–H groups in total. The molecule has 0 amide bonds. The van der Waals surface area contributed by atoms with Crippen molar-refractivity contribution in [2.24, 2.45) is 0 Å². The van der Waals surface area contributed by atoms with Gasteiger partial charge in [0.1, 0.15) is 12.2 Å². The fraction of sp³-hybridized carbons (Fsp3) is 1.00. The maximum Gasteiger partial charge on any atom is 0.109 e. The Balaban J connectivity index is 1.55. The fourth-order valence-corrected chi connectivity index (χ4v) is 3.71. The molecule has 0 aromatic heterocycles. The van der Waals surface area contributed by atoms with Crippen molar-refractivity contribution in [2.75, 3.05) is 26.3 Å².